The normalized spacial score (nSPS) is 10.8. The first kappa shape index (κ1) is 15.1. The van der Waals surface area contributed by atoms with Gasteiger partial charge >= 0.3 is 5.97 Å². The third-order valence-electron chi connectivity index (χ3n) is 2.92. The predicted octanol–water partition coefficient (Wildman–Crippen LogP) is 1.56. The van der Waals surface area contributed by atoms with Crippen LogP contribution in [0.25, 0.3) is 5.69 Å². The first-order chi connectivity index (χ1) is 10.1. The van der Waals surface area contributed by atoms with Crippen molar-refractivity contribution in [1.29, 1.82) is 0 Å². The topological polar surface area (TPSA) is 73.4 Å². The number of nitrogens with zero attached hydrogens (tertiary/aromatic N) is 3. The number of nitrogens with two attached hydrogens (primary N) is 1. The van der Waals surface area contributed by atoms with E-state index in [9.17, 15) is 4.79 Å². The summed E-state index contributed by atoms with van der Waals surface area (Å²) in [7, 11) is 3.96. The molecule has 0 saturated carbocycles. The molecule has 21 heavy (non-hydrogen) atoms. The van der Waals surface area contributed by atoms with E-state index in [0.717, 1.165) is 18.7 Å². The molecule has 2 aromatic rings. The minimum absolute atomic E-state index is 0.294. The van der Waals surface area contributed by atoms with Crippen LogP contribution in [0.3, 0.4) is 0 Å². The lowest BCUT2D eigenvalue weighted by Crippen LogP contribution is -2.16. The summed E-state index contributed by atoms with van der Waals surface area (Å²) >= 11 is 0. The van der Waals surface area contributed by atoms with Crippen molar-refractivity contribution in [2.75, 3.05) is 33.0 Å². The van der Waals surface area contributed by atoms with Crippen LogP contribution in [-0.4, -0.2) is 47.9 Å². The Balaban J connectivity index is 1.95. The molecule has 0 aliphatic carbocycles. The molecule has 0 aliphatic rings. The lowest BCUT2D eigenvalue weighted by molar-refractivity contribution is 0.0486. The third-order valence-corrected chi connectivity index (χ3v) is 2.92. The van der Waals surface area contributed by atoms with Crippen LogP contribution in [0.15, 0.2) is 36.5 Å². The highest BCUT2D eigenvalue weighted by Crippen LogP contribution is 2.12. The summed E-state index contributed by atoms with van der Waals surface area (Å²) < 4.78 is 6.79. The number of hydrogen-bond acceptors (Lipinski definition) is 5. The highest BCUT2D eigenvalue weighted by Gasteiger charge is 2.11. The minimum atomic E-state index is -0.406. The van der Waals surface area contributed by atoms with Gasteiger partial charge in [-0.05, 0) is 44.8 Å². The average Bonchev–Trinajstić information content (AvgIpc) is 2.93. The summed E-state index contributed by atoms with van der Waals surface area (Å²) in [5, 5.41) is 4.21. The summed E-state index contributed by atoms with van der Waals surface area (Å²) in [6, 6.07) is 8.94. The fourth-order valence-electron chi connectivity index (χ4n) is 1.86. The number of ether oxygens (including phenoxy) is 1. The molecule has 6 heteroatoms. The van der Waals surface area contributed by atoms with Gasteiger partial charge in [0.15, 0.2) is 5.69 Å². The van der Waals surface area contributed by atoms with Crippen LogP contribution >= 0.6 is 0 Å². The second-order valence-corrected chi connectivity index (χ2v) is 5.03. The van der Waals surface area contributed by atoms with E-state index >= 15 is 0 Å². The summed E-state index contributed by atoms with van der Waals surface area (Å²) in [4.78, 5) is 13.9. The molecule has 0 saturated heterocycles. The maximum atomic E-state index is 11.9. The smallest absolute Gasteiger partial charge is 0.358 e. The van der Waals surface area contributed by atoms with Crippen molar-refractivity contribution in [3.05, 3.63) is 42.2 Å². The van der Waals surface area contributed by atoms with Gasteiger partial charge in [-0.3, -0.25) is 0 Å². The van der Waals surface area contributed by atoms with Gasteiger partial charge in [-0.1, -0.05) is 6.07 Å². The number of aromatic nitrogens is 2. The largest absolute Gasteiger partial charge is 0.461 e. The van der Waals surface area contributed by atoms with E-state index in [1.807, 2.05) is 31.1 Å². The summed E-state index contributed by atoms with van der Waals surface area (Å²) in [5.74, 6) is -0.406. The lowest BCUT2D eigenvalue weighted by atomic mass is 10.3. The molecule has 2 N–H and O–H groups in total. The van der Waals surface area contributed by atoms with E-state index in [2.05, 4.69) is 5.10 Å². The van der Waals surface area contributed by atoms with Crippen LogP contribution in [0.5, 0.6) is 0 Å². The third kappa shape index (κ3) is 4.32. The van der Waals surface area contributed by atoms with Crippen LogP contribution in [0.1, 0.15) is 16.9 Å². The molecular weight excluding hydrogens is 268 g/mol. The van der Waals surface area contributed by atoms with Crippen molar-refractivity contribution in [3.63, 3.8) is 0 Å². The minimum Gasteiger partial charge on any atom is -0.461 e. The molecule has 0 amide bonds. The van der Waals surface area contributed by atoms with Crippen molar-refractivity contribution < 1.29 is 9.53 Å². The number of carbonyl (C=O) groups excluding carboxylic acids is 1. The van der Waals surface area contributed by atoms with Gasteiger partial charge in [-0.25, -0.2) is 9.48 Å². The Morgan fingerprint density at radius 3 is 2.90 bits per heavy atom. The van der Waals surface area contributed by atoms with E-state index in [1.165, 1.54) is 0 Å². The number of benzene rings is 1. The number of anilines is 1. The number of hydrogen-bond donors (Lipinski definition) is 1. The maximum Gasteiger partial charge on any atom is 0.358 e. The standard InChI is InChI=1S/C15H20N4O2/c1-18(2)8-4-10-21-15(20)14-7-9-19(17-14)13-6-3-5-12(16)11-13/h3,5-7,9,11H,4,8,10,16H2,1-2H3. The zero-order chi connectivity index (χ0) is 15.2. The predicted molar refractivity (Wildman–Crippen MR) is 81.4 cm³/mol. The number of nitrogen functional groups attached to an aromatic ring is 1. The quantitative estimate of drug-likeness (QED) is 0.496. The summed E-state index contributed by atoms with van der Waals surface area (Å²) in [6.07, 6.45) is 2.51. The van der Waals surface area contributed by atoms with Crippen LogP contribution in [0, 0.1) is 0 Å². The van der Waals surface area contributed by atoms with Crippen molar-refractivity contribution in [2.45, 2.75) is 6.42 Å². The first-order valence-electron chi connectivity index (χ1n) is 6.80. The molecule has 0 atom stereocenters. The zero-order valence-corrected chi connectivity index (χ0v) is 12.3. The lowest BCUT2D eigenvalue weighted by Gasteiger charge is -2.08. The molecule has 0 aliphatic heterocycles. The molecule has 112 valence electrons. The van der Waals surface area contributed by atoms with Crippen molar-refractivity contribution in [3.8, 4) is 5.69 Å². The molecule has 1 heterocycles. The molecule has 1 aromatic heterocycles. The Hall–Kier alpha value is -2.34. The molecule has 2 rings (SSSR count). The maximum absolute atomic E-state index is 11.9. The number of rotatable bonds is 6. The Morgan fingerprint density at radius 2 is 2.19 bits per heavy atom. The fraction of sp³-hybridized carbons (Fsp3) is 0.333. The van der Waals surface area contributed by atoms with Crippen LogP contribution in [0.4, 0.5) is 5.69 Å². The van der Waals surface area contributed by atoms with E-state index in [1.54, 1.807) is 29.1 Å². The molecule has 0 spiro atoms. The van der Waals surface area contributed by atoms with Gasteiger partial charge in [0.05, 0.1) is 12.3 Å². The molecule has 0 radical (unpaired) electrons. The van der Waals surface area contributed by atoms with Crippen LogP contribution < -0.4 is 5.73 Å². The zero-order valence-electron chi connectivity index (χ0n) is 12.3. The van der Waals surface area contributed by atoms with E-state index in [-0.39, 0.29) is 0 Å². The monoisotopic (exact) mass is 288 g/mol. The summed E-state index contributed by atoms with van der Waals surface area (Å²) in [6.45, 7) is 1.27. The van der Waals surface area contributed by atoms with Gasteiger partial charge in [-0.15, -0.1) is 0 Å². The molecule has 0 fully saturated rings. The van der Waals surface area contributed by atoms with Gasteiger partial charge in [0.2, 0.25) is 0 Å². The molecule has 0 bridgehead atoms. The van der Waals surface area contributed by atoms with Gasteiger partial charge in [0.25, 0.3) is 0 Å². The molecular formula is C15H20N4O2. The van der Waals surface area contributed by atoms with Gasteiger partial charge in [0.1, 0.15) is 0 Å². The van der Waals surface area contributed by atoms with Crippen molar-refractivity contribution in [1.82, 2.24) is 14.7 Å². The Morgan fingerprint density at radius 1 is 1.38 bits per heavy atom. The average molecular weight is 288 g/mol. The van der Waals surface area contributed by atoms with E-state index in [0.29, 0.717) is 18.0 Å². The number of esters is 1. The highest BCUT2D eigenvalue weighted by molar-refractivity contribution is 5.87. The SMILES string of the molecule is CN(C)CCCOC(=O)c1ccn(-c2cccc(N)c2)n1. The van der Waals surface area contributed by atoms with Crippen molar-refractivity contribution in [2.24, 2.45) is 0 Å². The van der Waals surface area contributed by atoms with Gasteiger partial charge < -0.3 is 15.4 Å². The summed E-state index contributed by atoms with van der Waals surface area (Å²) in [5.41, 5.74) is 7.48. The van der Waals surface area contributed by atoms with Gasteiger partial charge in [0, 0.05) is 18.4 Å². The highest BCUT2D eigenvalue weighted by atomic mass is 16.5. The Bertz CT molecular complexity index is 607. The van der Waals surface area contributed by atoms with Crippen LogP contribution in [-0.2, 0) is 4.74 Å². The van der Waals surface area contributed by atoms with E-state index < -0.39 is 5.97 Å². The second-order valence-electron chi connectivity index (χ2n) is 5.03. The fourth-order valence-corrected chi connectivity index (χ4v) is 1.86. The molecule has 6 nitrogen and oxygen atoms in total. The van der Waals surface area contributed by atoms with Crippen LogP contribution in [0.2, 0.25) is 0 Å². The number of carbonyl (C=O) groups is 1. The Labute approximate surface area is 124 Å². The Kier molecular flexibility index (Phi) is 4.94. The van der Waals surface area contributed by atoms with E-state index in [4.69, 9.17) is 10.5 Å². The molecule has 0 unspecified atom stereocenters. The van der Waals surface area contributed by atoms with Crippen molar-refractivity contribution >= 4 is 11.7 Å². The second kappa shape index (κ2) is 6.90. The first-order valence-corrected chi connectivity index (χ1v) is 6.80. The molecule has 1 aromatic carbocycles. The van der Waals surface area contributed by atoms with Gasteiger partial charge in [-0.2, -0.15) is 5.10 Å².